The lowest BCUT2D eigenvalue weighted by molar-refractivity contribution is 0.172. The first-order valence-electron chi connectivity index (χ1n) is 6.38. The van der Waals surface area contributed by atoms with E-state index in [4.69, 9.17) is 5.11 Å². The van der Waals surface area contributed by atoms with Crippen molar-refractivity contribution in [1.82, 2.24) is 9.88 Å². The predicted molar refractivity (Wildman–Crippen MR) is 76.2 cm³/mol. The molecule has 3 N–H and O–H groups in total. The van der Waals surface area contributed by atoms with E-state index in [9.17, 15) is 4.79 Å². The number of aromatic amines is 1. The maximum atomic E-state index is 12.2. The van der Waals surface area contributed by atoms with Crippen LogP contribution >= 0.6 is 0 Å². The maximum Gasteiger partial charge on any atom is 0.322 e. The number of fused-ring (bicyclic) bond motifs is 1. The highest BCUT2D eigenvalue weighted by Gasteiger charge is 2.17. The highest BCUT2D eigenvalue weighted by molar-refractivity contribution is 6.00. The lowest BCUT2D eigenvalue weighted by Gasteiger charge is -2.26. The largest absolute Gasteiger partial charge is 0.395 e. The molecular weight excluding hydrogens is 242 g/mol. The molecule has 1 aromatic carbocycles. The Kier molecular flexibility index (Phi) is 4.06. The van der Waals surface area contributed by atoms with E-state index in [1.165, 1.54) is 0 Å². The summed E-state index contributed by atoms with van der Waals surface area (Å²) in [6.45, 7) is 4.13. The highest BCUT2D eigenvalue weighted by Crippen LogP contribution is 2.22. The molecule has 0 bridgehead atoms. The second-order valence-electron chi connectivity index (χ2n) is 4.69. The van der Waals surface area contributed by atoms with Gasteiger partial charge in [-0.25, -0.2) is 4.79 Å². The Labute approximate surface area is 112 Å². The number of amides is 2. The number of carbonyl (C=O) groups excluding carboxylic acids is 1. The Morgan fingerprint density at radius 1 is 1.42 bits per heavy atom. The number of aliphatic hydroxyl groups excluding tert-OH is 1. The van der Waals surface area contributed by atoms with Crippen LogP contribution in [-0.4, -0.2) is 40.2 Å². The normalized spacial score (nSPS) is 10.9. The molecular formula is C14H19N3O2. The van der Waals surface area contributed by atoms with E-state index in [0.29, 0.717) is 6.54 Å². The first kappa shape index (κ1) is 13.4. The molecule has 19 heavy (non-hydrogen) atoms. The van der Waals surface area contributed by atoms with Crippen LogP contribution in [0, 0.1) is 0 Å². The number of hydrogen-bond acceptors (Lipinski definition) is 2. The minimum Gasteiger partial charge on any atom is -0.395 e. The van der Waals surface area contributed by atoms with Gasteiger partial charge >= 0.3 is 6.03 Å². The fourth-order valence-electron chi connectivity index (χ4n) is 2.08. The third kappa shape index (κ3) is 2.88. The molecule has 0 unspecified atom stereocenters. The molecule has 0 spiro atoms. The number of carbonyl (C=O) groups is 1. The molecule has 0 aliphatic carbocycles. The Balaban J connectivity index is 2.20. The smallest absolute Gasteiger partial charge is 0.322 e. The number of anilines is 1. The summed E-state index contributed by atoms with van der Waals surface area (Å²) in [5.74, 6) is 0. The van der Waals surface area contributed by atoms with Crippen molar-refractivity contribution < 1.29 is 9.90 Å². The Morgan fingerprint density at radius 3 is 2.89 bits per heavy atom. The zero-order chi connectivity index (χ0) is 13.8. The molecule has 0 saturated heterocycles. The van der Waals surface area contributed by atoms with Crippen molar-refractivity contribution in [2.24, 2.45) is 0 Å². The minimum absolute atomic E-state index is 0.0394. The number of nitrogens with one attached hydrogen (secondary N) is 2. The van der Waals surface area contributed by atoms with E-state index in [1.807, 2.05) is 44.3 Å². The molecule has 0 radical (unpaired) electrons. The average molecular weight is 261 g/mol. The Bertz CT molecular complexity index is 563. The van der Waals surface area contributed by atoms with Crippen LogP contribution in [0.1, 0.15) is 13.8 Å². The second kappa shape index (κ2) is 5.75. The summed E-state index contributed by atoms with van der Waals surface area (Å²) in [6.07, 6.45) is 1.84. The molecule has 102 valence electrons. The summed E-state index contributed by atoms with van der Waals surface area (Å²) < 4.78 is 0. The Hall–Kier alpha value is -2.01. The van der Waals surface area contributed by atoms with E-state index >= 15 is 0 Å². The highest BCUT2D eigenvalue weighted by atomic mass is 16.3. The van der Waals surface area contributed by atoms with Crippen LogP contribution in [-0.2, 0) is 0 Å². The van der Waals surface area contributed by atoms with Crippen molar-refractivity contribution in [2.45, 2.75) is 19.9 Å². The van der Waals surface area contributed by atoms with E-state index in [2.05, 4.69) is 10.3 Å². The second-order valence-corrected chi connectivity index (χ2v) is 4.69. The molecule has 0 fully saturated rings. The minimum atomic E-state index is -0.197. The van der Waals surface area contributed by atoms with Crippen molar-refractivity contribution in [3.05, 3.63) is 30.5 Å². The summed E-state index contributed by atoms with van der Waals surface area (Å²) in [5.41, 5.74) is 1.75. The van der Waals surface area contributed by atoms with Crippen molar-refractivity contribution in [1.29, 1.82) is 0 Å². The van der Waals surface area contributed by atoms with Gasteiger partial charge in [0.2, 0.25) is 0 Å². The number of hydrogen-bond donors (Lipinski definition) is 3. The third-order valence-electron chi connectivity index (χ3n) is 3.06. The lowest BCUT2D eigenvalue weighted by Crippen LogP contribution is -2.41. The van der Waals surface area contributed by atoms with Gasteiger partial charge in [-0.2, -0.15) is 0 Å². The zero-order valence-electron chi connectivity index (χ0n) is 11.2. The molecule has 1 heterocycles. The number of benzene rings is 1. The summed E-state index contributed by atoms with van der Waals surface area (Å²) in [6, 6.07) is 7.48. The standard InChI is InChI=1S/C14H19N3O2/c1-10(2)17(8-9-18)14(19)16-13-5-3-4-12-11(13)6-7-15-12/h3-7,10,15,18H,8-9H2,1-2H3,(H,16,19). The van der Waals surface area contributed by atoms with Gasteiger partial charge < -0.3 is 20.3 Å². The Morgan fingerprint density at radius 2 is 2.21 bits per heavy atom. The monoisotopic (exact) mass is 261 g/mol. The summed E-state index contributed by atoms with van der Waals surface area (Å²) >= 11 is 0. The van der Waals surface area contributed by atoms with Crippen LogP contribution in [0.3, 0.4) is 0 Å². The predicted octanol–water partition coefficient (Wildman–Crippen LogP) is 2.40. The van der Waals surface area contributed by atoms with Crippen LogP contribution < -0.4 is 5.32 Å². The van der Waals surface area contributed by atoms with Gasteiger partial charge in [-0.05, 0) is 32.0 Å². The van der Waals surface area contributed by atoms with E-state index in [1.54, 1.807) is 4.90 Å². The molecule has 1 aromatic heterocycles. The number of H-pyrrole nitrogens is 1. The van der Waals surface area contributed by atoms with Gasteiger partial charge in [0.15, 0.2) is 0 Å². The molecule has 0 aliphatic rings. The third-order valence-corrected chi connectivity index (χ3v) is 3.06. The number of urea groups is 1. The van der Waals surface area contributed by atoms with Crippen LogP contribution in [0.4, 0.5) is 10.5 Å². The molecule has 0 atom stereocenters. The number of aliphatic hydroxyl groups is 1. The molecule has 0 saturated carbocycles. The van der Waals surface area contributed by atoms with Gasteiger partial charge in [0.1, 0.15) is 0 Å². The fraction of sp³-hybridized carbons (Fsp3) is 0.357. The molecule has 5 nitrogen and oxygen atoms in total. The van der Waals surface area contributed by atoms with Gasteiger partial charge in [-0.15, -0.1) is 0 Å². The van der Waals surface area contributed by atoms with Crippen molar-refractivity contribution in [3.63, 3.8) is 0 Å². The molecule has 0 aliphatic heterocycles. The topological polar surface area (TPSA) is 68.4 Å². The van der Waals surface area contributed by atoms with Gasteiger partial charge in [-0.1, -0.05) is 6.07 Å². The molecule has 2 amide bonds. The van der Waals surface area contributed by atoms with E-state index in [0.717, 1.165) is 16.6 Å². The van der Waals surface area contributed by atoms with Crippen LogP contribution in [0.2, 0.25) is 0 Å². The quantitative estimate of drug-likeness (QED) is 0.791. The molecule has 5 heteroatoms. The lowest BCUT2D eigenvalue weighted by atomic mass is 10.2. The van der Waals surface area contributed by atoms with Gasteiger partial charge in [-0.3, -0.25) is 0 Å². The first-order valence-corrected chi connectivity index (χ1v) is 6.38. The van der Waals surface area contributed by atoms with E-state index in [-0.39, 0.29) is 18.7 Å². The zero-order valence-corrected chi connectivity index (χ0v) is 11.2. The van der Waals surface area contributed by atoms with Gasteiger partial charge in [0.05, 0.1) is 12.3 Å². The summed E-state index contributed by atoms with van der Waals surface area (Å²) in [5, 5.41) is 12.9. The van der Waals surface area contributed by atoms with Crippen LogP contribution in [0.15, 0.2) is 30.5 Å². The van der Waals surface area contributed by atoms with Gasteiger partial charge in [0, 0.05) is 29.7 Å². The summed E-state index contributed by atoms with van der Waals surface area (Å²) in [4.78, 5) is 16.9. The maximum absolute atomic E-state index is 12.2. The van der Waals surface area contributed by atoms with Crippen molar-refractivity contribution in [3.8, 4) is 0 Å². The van der Waals surface area contributed by atoms with Crippen LogP contribution in [0.5, 0.6) is 0 Å². The van der Waals surface area contributed by atoms with Gasteiger partial charge in [0.25, 0.3) is 0 Å². The number of nitrogens with zero attached hydrogens (tertiary/aromatic N) is 1. The van der Waals surface area contributed by atoms with Crippen molar-refractivity contribution in [2.75, 3.05) is 18.5 Å². The average Bonchev–Trinajstić information content (AvgIpc) is 2.84. The number of aromatic nitrogens is 1. The molecule has 2 rings (SSSR count). The SMILES string of the molecule is CC(C)N(CCO)C(=O)Nc1cccc2[nH]ccc12. The fourth-order valence-corrected chi connectivity index (χ4v) is 2.08. The van der Waals surface area contributed by atoms with E-state index < -0.39 is 0 Å². The van der Waals surface area contributed by atoms with Crippen LogP contribution in [0.25, 0.3) is 10.9 Å². The number of rotatable bonds is 4. The summed E-state index contributed by atoms with van der Waals surface area (Å²) in [7, 11) is 0. The first-order chi connectivity index (χ1) is 9.13. The molecule has 2 aromatic rings. The van der Waals surface area contributed by atoms with Crippen molar-refractivity contribution >= 4 is 22.6 Å².